The van der Waals surface area contributed by atoms with Crippen LogP contribution in [0.25, 0.3) is 0 Å². The molecule has 0 atom stereocenters. The molecule has 1 aromatic heterocycles. The minimum Gasteiger partial charge on any atom is -0.481 e. The van der Waals surface area contributed by atoms with Crippen LogP contribution in [0.4, 0.5) is 0 Å². The highest BCUT2D eigenvalue weighted by Gasteiger charge is 2.00. The Morgan fingerprint density at radius 1 is 1.77 bits per heavy atom. The summed E-state index contributed by atoms with van der Waals surface area (Å²) < 4.78 is 0. The fraction of sp³-hybridized carbons (Fsp3) is 0.500. The smallest absolute Gasteiger partial charge is 0.304 e. The maximum atomic E-state index is 10.2. The number of aliphatic carboxylic acids is 1. The summed E-state index contributed by atoms with van der Waals surface area (Å²) in [6.07, 6.45) is 1.77. The van der Waals surface area contributed by atoms with E-state index in [9.17, 15) is 4.79 Å². The fourth-order valence-electron chi connectivity index (χ4n) is 0.967. The Balaban J connectivity index is 2.20. The lowest BCUT2D eigenvalue weighted by molar-refractivity contribution is -0.136. The van der Waals surface area contributed by atoms with Crippen LogP contribution in [0, 0.1) is 6.92 Å². The van der Waals surface area contributed by atoms with Crippen molar-refractivity contribution in [2.75, 3.05) is 6.54 Å². The van der Waals surface area contributed by atoms with Gasteiger partial charge in [-0.1, -0.05) is 0 Å². The van der Waals surface area contributed by atoms with E-state index in [0.717, 1.165) is 11.4 Å². The van der Waals surface area contributed by atoms with Gasteiger partial charge in [0.05, 0.1) is 18.4 Å². The van der Waals surface area contributed by atoms with Gasteiger partial charge in [-0.3, -0.25) is 4.79 Å². The van der Waals surface area contributed by atoms with Crippen LogP contribution in [-0.4, -0.2) is 27.6 Å². The number of aromatic amines is 1. The number of carboxylic acids is 1. The highest BCUT2D eigenvalue weighted by atomic mass is 16.4. The zero-order chi connectivity index (χ0) is 9.68. The van der Waals surface area contributed by atoms with E-state index >= 15 is 0 Å². The van der Waals surface area contributed by atoms with Crippen LogP contribution in [0.5, 0.6) is 0 Å². The van der Waals surface area contributed by atoms with Crippen molar-refractivity contribution in [3.63, 3.8) is 0 Å². The Labute approximate surface area is 76.2 Å². The lowest BCUT2D eigenvalue weighted by atomic mass is 10.3. The van der Waals surface area contributed by atoms with Crippen molar-refractivity contribution in [3.8, 4) is 0 Å². The van der Waals surface area contributed by atoms with Gasteiger partial charge in [0, 0.05) is 18.8 Å². The summed E-state index contributed by atoms with van der Waals surface area (Å²) in [7, 11) is 0. The summed E-state index contributed by atoms with van der Waals surface area (Å²) in [5.74, 6) is -0.786. The van der Waals surface area contributed by atoms with E-state index < -0.39 is 5.97 Å². The van der Waals surface area contributed by atoms with Crippen molar-refractivity contribution in [3.05, 3.63) is 17.7 Å². The lowest BCUT2D eigenvalue weighted by Gasteiger charge is -2.00. The summed E-state index contributed by atoms with van der Waals surface area (Å²) in [6.45, 7) is 3.02. The molecule has 0 unspecified atom stereocenters. The van der Waals surface area contributed by atoms with Crippen LogP contribution < -0.4 is 5.32 Å². The van der Waals surface area contributed by atoms with Gasteiger partial charge in [0.15, 0.2) is 0 Å². The number of H-pyrrole nitrogens is 1. The van der Waals surface area contributed by atoms with Crippen molar-refractivity contribution in [1.29, 1.82) is 0 Å². The second kappa shape index (κ2) is 4.61. The molecule has 13 heavy (non-hydrogen) atoms. The van der Waals surface area contributed by atoms with Crippen molar-refractivity contribution in [2.45, 2.75) is 19.9 Å². The first-order chi connectivity index (χ1) is 6.20. The number of carboxylic acid groups (broad SMARTS) is 1. The summed E-state index contributed by atoms with van der Waals surface area (Å²) in [5.41, 5.74) is 1.95. The van der Waals surface area contributed by atoms with Gasteiger partial charge in [0.2, 0.25) is 0 Å². The van der Waals surface area contributed by atoms with E-state index in [1.165, 1.54) is 0 Å². The molecule has 0 aromatic carbocycles. The number of nitrogens with one attached hydrogen (secondary N) is 2. The molecule has 1 aromatic rings. The molecule has 1 rings (SSSR count). The predicted molar refractivity (Wildman–Crippen MR) is 47.3 cm³/mol. The average Bonchev–Trinajstić information content (AvgIpc) is 2.45. The lowest BCUT2D eigenvalue weighted by Crippen LogP contribution is -2.18. The molecule has 0 saturated carbocycles. The first-order valence-corrected chi connectivity index (χ1v) is 4.11. The zero-order valence-corrected chi connectivity index (χ0v) is 7.50. The Morgan fingerprint density at radius 2 is 2.54 bits per heavy atom. The number of aryl methyl sites for hydroxylation is 1. The maximum Gasteiger partial charge on any atom is 0.304 e. The second-order valence-electron chi connectivity index (χ2n) is 2.79. The Morgan fingerprint density at radius 3 is 3.08 bits per heavy atom. The normalized spacial score (nSPS) is 10.2. The molecule has 0 spiro atoms. The quantitative estimate of drug-likeness (QED) is 0.573. The van der Waals surface area contributed by atoms with E-state index in [4.69, 9.17) is 5.11 Å². The van der Waals surface area contributed by atoms with E-state index in [1.807, 2.05) is 6.92 Å². The van der Waals surface area contributed by atoms with Crippen LogP contribution in [0.15, 0.2) is 6.33 Å². The standard InChI is InChI=1S/C8H13N3O2/c1-6-7(11-5-10-6)4-9-3-2-8(12)13/h5,9H,2-4H2,1H3,(H,10,11)(H,12,13). The van der Waals surface area contributed by atoms with E-state index in [2.05, 4.69) is 15.3 Å². The molecular weight excluding hydrogens is 170 g/mol. The third kappa shape index (κ3) is 3.25. The van der Waals surface area contributed by atoms with Gasteiger partial charge in [-0.15, -0.1) is 0 Å². The van der Waals surface area contributed by atoms with Crippen LogP contribution in [0.1, 0.15) is 17.8 Å². The number of rotatable bonds is 5. The number of nitrogens with zero attached hydrogens (tertiary/aromatic N) is 1. The van der Waals surface area contributed by atoms with Crippen molar-refractivity contribution in [2.24, 2.45) is 0 Å². The summed E-state index contributed by atoms with van der Waals surface area (Å²) >= 11 is 0. The van der Waals surface area contributed by atoms with Crippen molar-refractivity contribution < 1.29 is 9.90 Å². The fourth-order valence-corrected chi connectivity index (χ4v) is 0.967. The number of carbonyl (C=O) groups is 1. The van der Waals surface area contributed by atoms with Gasteiger partial charge in [-0.25, -0.2) is 4.98 Å². The predicted octanol–water partition coefficient (Wildman–Crippen LogP) is 0.282. The van der Waals surface area contributed by atoms with Crippen LogP contribution in [0.2, 0.25) is 0 Å². The molecule has 0 amide bonds. The van der Waals surface area contributed by atoms with Gasteiger partial charge in [-0.05, 0) is 6.92 Å². The molecule has 0 aliphatic heterocycles. The summed E-state index contributed by atoms with van der Waals surface area (Å²) in [5, 5.41) is 11.4. The van der Waals surface area contributed by atoms with E-state index in [-0.39, 0.29) is 6.42 Å². The minimum atomic E-state index is -0.786. The molecule has 0 aliphatic carbocycles. The first-order valence-electron chi connectivity index (χ1n) is 4.11. The first kappa shape index (κ1) is 9.73. The molecule has 5 heteroatoms. The Hall–Kier alpha value is -1.36. The van der Waals surface area contributed by atoms with E-state index in [0.29, 0.717) is 13.1 Å². The molecule has 0 bridgehead atoms. The van der Waals surface area contributed by atoms with Gasteiger partial charge in [0.1, 0.15) is 0 Å². The van der Waals surface area contributed by atoms with Crippen LogP contribution >= 0.6 is 0 Å². The molecule has 1 heterocycles. The molecule has 0 radical (unpaired) electrons. The summed E-state index contributed by atoms with van der Waals surface area (Å²) in [6, 6.07) is 0. The SMILES string of the molecule is Cc1[nH]cnc1CNCCC(=O)O. The molecule has 0 aliphatic rings. The molecule has 5 nitrogen and oxygen atoms in total. The molecule has 3 N–H and O–H groups in total. The Bertz CT molecular complexity index is 283. The largest absolute Gasteiger partial charge is 0.481 e. The van der Waals surface area contributed by atoms with Crippen molar-refractivity contribution >= 4 is 5.97 Å². The number of imidazole rings is 1. The second-order valence-corrected chi connectivity index (χ2v) is 2.79. The third-order valence-corrected chi connectivity index (χ3v) is 1.74. The number of hydrogen-bond acceptors (Lipinski definition) is 3. The maximum absolute atomic E-state index is 10.2. The highest BCUT2D eigenvalue weighted by Crippen LogP contribution is 1.98. The highest BCUT2D eigenvalue weighted by molar-refractivity contribution is 5.66. The Kier molecular flexibility index (Phi) is 3.45. The van der Waals surface area contributed by atoms with Gasteiger partial charge < -0.3 is 15.4 Å². The van der Waals surface area contributed by atoms with E-state index in [1.54, 1.807) is 6.33 Å². The van der Waals surface area contributed by atoms with Gasteiger partial charge in [-0.2, -0.15) is 0 Å². The zero-order valence-electron chi connectivity index (χ0n) is 7.50. The van der Waals surface area contributed by atoms with Gasteiger partial charge in [0.25, 0.3) is 0 Å². The van der Waals surface area contributed by atoms with Crippen molar-refractivity contribution in [1.82, 2.24) is 15.3 Å². The average molecular weight is 183 g/mol. The third-order valence-electron chi connectivity index (χ3n) is 1.74. The number of hydrogen-bond donors (Lipinski definition) is 3. The molecule has 0 saturated heterocycles. The van der Waals surface area contributed by atoms with Crippen LogP contribution in [0.3, 0.4) is 0 Å². The minimum absolute atomic E-state index is 0.142. The topological polar surface area (TPSA) is 78.0 Å². The van der Waals surface area contributed by atoms with Crippen LogP contribution in [-0.2, 0) is 11.3 Å². The monoisotopic (exact) mass is 183 g/mol. The molecular formula is C8H13N3O2. The number of aromatic nitrogens is 2. The van der Waals surface area contributed by atoms with Gasteiger partial charge >= 0.3 is 5.97 Å². The summed E-state index contributed by atoms with van der Waals surface area (Å²) in [4.78, 5) is 17.2. The molecule has 72 valence electrons. The molecule has 0 fully saturated rings.